The SMILES string of the molecule is O=C(NCC1CCCS1(=O)=O)Nc1cncc(C(=O)O)c1. The summed E-state index contributed by atoms with van der Waals surface area (Å²) in [5.74, 6) is -0.991. The van der Waals surface area contributed by atoms with Gasteiger partial charge in [-0.15, -0.1) is 0 Å². The molecule has 2 rings (SSSR count). The van der Waals surface area contributed by atoms with E-state index in [2.05, 4.69) is 15.6 Å². The number of carboxylic acids is 1. The lowest BCUT2D eigenvalue weighted by atomic mass is 10.2. The number of pyridine rings is 1. The van der Waals surface area contributed by atoms with Gasteiger partial charge < -0.3 is 15.7 Å². The van der Waals surface area contributed by atoms with E-state index in [1.165, 1.54) is 12.3 Å². The highest BCUT2D eigenvalue weighted by atomic mass is 32.2. The molecule has 2 heterocycles. The maximum absolute atomic E-state index is 11.7. The molecule has 1 aliphatic rings. The van der Waals surface area contributed by atoms with Crippen molar-refractivity contribution in [2.75, 3.05) is 17.6 Å². The van der Waals surface area contributed by atoms with Crippen LogP contribution in [0.2, 0.25) is 0 Å². The normalized spacial score (nSPS) is 19.9. The molecule has 8 nitrogen and oxygen atoms in total. The summed E-state index contributed by atoms with van der Waals surface area (Å²) >= 11 is 0. The van der Waals surface area contributed by atoms with E-state index in [1.54, 1.807) is 0 Å². The lowest BCUT2D eigenvalue weighted by Crippen LogP contribution is -2.37. The fourth-order valence-electron chi connectivity index (χ4n) is 2.09. The molecule has 0 bridgehead atoms. The van der Waals surface area contributed by atoms with Crippen molar-refractivity contribution in [3.8, 4) is 0 Å². The number of anilines is 1. The zero-order chi connectivity index (χ0) is 15.5. The fraction of sp³-hybridized carbons (Fsp3) is 0.417. The highest BCUT2D eigenvalue weighted by Gasteiger charge is 2.31. The van der Waals surface area contributed by atoms with E-state index in [0.717, 1.165) is 6.20 Å². The number of carboxylic acid groups (broad SMARTS) is 1. The van der Waals surface area contributed by atoms with Gasteiger partial charge in [-0.1, -0.05) is 0 Å². The topological polar surface area (TPSA) is 125 Å². The first kappa shape index (κ1) is 15.2. The number of amides is 2. The summed E-state index contributed by atoms with van der Waals surface area (Å²) in [6, 6.07) is 0.669. The van der Waals surface area contributed by atoms with Gasteiger partial charge in [0.25, 0.3) is 0 Å². The number of sulfone groups is 1. The monoisotopic (exact) mass is 313 g/mol. The molecule has 2 amide bonds. The molecule has 9 heteroatoms. The summed E-state index contributed by atoms with van der Waals surface area (Å²) in [6.45, 7) is 0.0419. The zero-order valence-electron chi connectivity index (χ0n) is 11.1. The molecule has 114 valence electrons. The Kier molecular flexibility index (Phi) is 4.41. The van der Waals surface area contributed by atoms with Crippen LogP contribution in [-0.2, 0) is 9.84 Å². The van der Waals surface area contributed by atoms with Gasteiger partial charge in [0, 0.05) is 12.7 Å². The van der Waals surface area contributed by atoms with E-state index in [0.29, 0.717) is 12.8 Å². The van der Waals surface area contributed by atoms with Crippen LogP contribution >= 0.6 is 0 Å². The second kappa shape index (κ2) is 6.08. The van der Waals surface area contributed by atoms with Crippen LogP contribution < -0.4 is 10.6 Å². The predicted molar refractivity (Wildman–Crippen MR) is 75.0 cm³/mol. The van der Waals surface area contributed by atoms with E-state index in [1.807, 2.05) is 0 Å². The fourth-order valence-corrected chi connectivity index (χ4v) is 3.86. The molecule has 1 unspecified atom stereocenters. The Morgan fingerprint density at radius 1 is 1.38 bits per heavy atom. The number of nitrogens with one attached hydrogen (secondary N) is 2. The van der Waals surface area contributed by atoms with Crippen LogP contribution in [0, 0.1) is 0 Å². The first-order chi connectivity index (χ1) is 9.88. The molecule has 1 aromatic rings. The van der Waals surface area contributed by atoms with Crippen LogP contribution in [0.3, 0.4) is 0 Å². The van der Waals surface area contributed by atoms with Crippen molar-refractivity contribution in [2.24, 2.45) is 0 Å². The summed E-state index contributed by atoms with van der Waals surface area (Å²) in [7, 11) is -3.11. The lowest BCUT2D eigenvalue weighted by Gasteiger charge is -2.11. The smallest absolute Gasteiger partial charge is 0.337 e. The van der Waals surface area contributed by atoms with E-state index in [4.69, 9.17) is 5.11 Å². The number of aromatic carboxylic acids is 1. The minimum atomic E-state index is -3.11. The van der Waals surface area contributed by atoms with Gasteiger partial charge in [-0.2, -0.15) is 0 Å². The largest absolute Gasteiger partial charge is 0.478 e. The number of aromatic nitrogens is 1. The third-order valence-corrected chi connectivity index (χ3v) is 5.47. The highest BCUT2D eigenvalue weighted by molar-refractivity contribution is 7.92. The van der Waals surface area contributed by atoms with E-state index >= 15 is 0 Å². The third kappa shape index (κ3) is 3.91. The summed E-state index contributed by atoms with van der Waals surface area (Å²) in [4.78, 5) is 26.1. The van der Waals surface area contributed by atoms with Gasteiger partial charge in [0.15, 0.2) is 9.84 Å². The second-order valence-electron chi connectivity index (χ2n) is 4.73. The number of hydrogen-bond donors (Lipinski definition) is 3. The molecule has 0 saturated carbocycles. The van der Waals surface area contributed by atoms with Gasteiger partial charge in [0.1, 0.15) is 0 Å². The van der Waals surface area contributed by atoms with Gasteiger partial charge in [-0.05, 0) is 18.9 Å². The average Bonchev–Trinajstić information content (AvgIpc) is 2.75. The Labute approximate surface area is 121 Å². The maximum atomic E-state index is 11.7. The standard InChI is InChI=1S/C12H15N3O5S/c16-11(17)8-4-9(6-13-5-8)15-12(18)14-7-10-2-1-3-21(10,19)20/h4-6,10H,1-3,7H2,(H,16,17)(H2,14,15,18). The van der Waals surface area contributed by atoms with Crippen molar-refractivity contribution in [3.05, 3.63) is 24.0 Å². The van der Waals surface area contributed by atoms with Crippen LogP contribution in [-0.4, -0.2) is 48.1 Å². The Hall–Kier alpha value is -2.16. The van der Waals surface area contributed by atoms with Crippen LogP contribution in [0.5, 0.6) is 0 Å². The minimum Gasteiger partial charge on any atom is -0.478 e. The van der Waals surface area contributed by atoms with Crippen LogP contribution in [0.4, 0.5) is 10.5 Å². The number of carbonyl (C=O) groups is 2. The van der Waals surface area contributed by atoms with E-state index in [9.17, 15) is 18.0 Å². The first-order valence-electron chi connectivity index (χ1n) is 6.33. The molecule has 0 spiro atoms. The number of nitrogens with zero attached hydrogens (tertiary/aromatic N) is 1. The molecule has 0 aliphatic carbocycles. The quantitative estimate of drug-likeness (QED) is 0.742. The van der Waals surface area contributed by atoms with E-state index in [-0.39, 0.29) is 23.5 Å². The average molecular weight is 313 g/mol. The maximum Gasteiger partial charge on any atom is 0.337 e. The van der Waals surface area contributed by atoms with Crippen LogP contribution in [0.25, 0.3) is 0 Å². The molecular formula is C12H15N3O5S. The van der Waals surface area contributed by atoms with Crippen molar-refractivity contribution in [1.29, 1.82) is 0 Å². The van der Waals surface area contributed by atoms with E-state index < -0.39 is 27.1 Å². The van der Waals surface area contributed by atoms with Gasteiger partial charge in [-0.3, -0.25) is 4.98 Å². The lowest BCUT2D eigenvalue weighted by molar-refractivity contribution is 0.0696. The number of urea groups is 1. The Morgan fingerprint density at radius 3 is 2.76 bits per heavy atom. The van der Waals surface area contributed by atoms with Crippen molar-refractivity contribution in [2.45, 2.75) is 18.1 Å². The molecule has 0 aromatic carbocycles. The van der Waals surface area contributed by atoms with Crippen molar-refractivity contribution in [3.63, 3.8) is 0 Å². The van der Waals surface area contributed by atoms with Gasteiger partial charge in [0.05, 0.1) is 28.5 Å². The van der Waals surface area contributed by atoms with Crippen LogP contribution in [0.1, 0.15) is 23.2 Å². The van der Waals surface area contributed by atoms with Crippen molar-refractivity contribution in [1.82, 2.24) is 10.3 Å². The minimum absolute atomic E-state index is 0.0419. The Balaban J connectivity index is 1.90. The molecule has 1 aromatic heterocycles. The molecule has 3 N–H and O–H groups in total. The first-order valence-corrected chi connectivity index (χ1v) is 8.05. The molecule has 0 radical (unpaired) electrons. The summed E-state index contributed by atoms with van der Waals surface area (Å²) in [6.07, 6.45) is 3.62. The third-order valence-electron chi connectivity index (χ3n) is 3.20. The molecule has 1 atom stereocenters. The Morgan fingerprint density at radius 2 is 2.14 bits per heavy atom. The van der Waals surface area contributed by atoms with Gasteiger partial charge >= 0.3 is 12.0 Å². The molecular weight excluding hydrogens is 298 g/mol. The number of rotatable bonds is 4. The molecule has 1 fully saturated rings. The molecule has 1 saturated heterocycles. The zero-order valence-corrected chi connectivity index (χ0v) is 11.9. The van der Waals surface area contributed by atoms with Crippen molar-refractivity contribution >= 4 is 27.5 Å². The highest BCUT2D eigenvalue weighted by Crippen LogP contribution is 2.19. The van der Waals surface area contributed by atoms with Crippen molar-refractivity contribution < 1.29 is 23.1 Å². The summed E-state index contributed by atoms with van der Waals surface area (Å²) in [5, 5.41) is 13.2. The summed E-state index contributed by atoms with van der Waals surface area (Å²) in [5.41, 5.74) is 0.174. The molecule has 21 heavy (non-hydrogen) atoms. The van der Waals surface area contributed by atoms with Gasteiger partial charge in [0.2, 0.25) is 0 Å². The second-order valence-corrected chi connectivity index (χ2v) is 7.13. The van der Waals surface area contributed by atoms with Crippen LogP contribution in [0.15, 0.2) is 18.5 Å². The number of carbonyl (C=O) groups excluding carboxylic acids is 1. The van der Waals surface area contributed by atoms with Gasteiger partial charge in [-0.25, -0.2) is 18.0 Å². The molecule has 1 aliphatic heterocycles. The number of hydrogen-bond acceptors (Lipinski definition) is 5. The summed E-state index contributed by atoms with van der Waals surface area (Å²) < 4.78 is 23.2. The Bertz CT molecular complexity index is 659. The predicted octanol–water partition coefficient (Wildman–Crippen LogP) is 0.478.